The Morgan fingerprint density at radius 3 is 3.00 bits per heavy atom. The van der Waals surface area contributed by atoms with Gasteiger partial charge in [0.15, 0.2) is 0 Å². The Kier molecular flexibility index (Phi) is 3.09. The summed E-state index contributed by atoms with van der Waals surface area (Å²) in [5, 5.41) is 4.10. The third kappa shape index (κ3) is 2.22. The van der Waals surface area contributed by atoms with Crippen LogP contribution in [0.25, 0.3) is 0 Å². The maximum Gasteiger partial charge on any atom is 0.236 e. The van der Waals surface area contributed by atoms with E-state index in [0.717, 1.165) is 25.9 Å². The standard InChI is InChI=1S/C10H14BrN3O/c1-13-8(2-5-12-13)3-6-14-7-4-9(11)10(14)15/h2,5,9H,3-4,6-7H2,1H3. The van der Waals surface area contributed by atoms with Gasteiger partial charge < -0.3 is 4.90 Å². The number of halogens is 1. The normalized spacial score (nSPS) is 21.3. The number of hydrogen-bond acceptors (Lipinski definition) is 2. The number of nitrogens with zero attached hydrogens (tertiary/aromatic N) is 3. The van der Waals surface area contributed by atoms with Crippen LogP contribution in [-0.4, -0.2) is 38.5 Å². The summed E-state index contributed by atoms with van der Waals surface area (Å²) in [5.41, 5.74) is 1.17. The number of carbonyl (C=O) groups is 1. The number of rotatable bonds is 3. The van der Waals surface area contributed by atoms with Gasteiger partial charge in [-0.15, -0.1) is 0 Å². The van der Waals surface area contributed by atoms with Gasteiger partial charge in [0.1, 0.15) is 0 Å². The van der Waals surface area contributed by atoms with E-state index >= 15 is 0 Å². The maximum absolute atomic E-state index is 11.6. The highest BCUT2D eigenvalue weighted by atomic mass is 79.9. The van der Waals surface area contributed by atoms with Gasteiger partial charge in [-0.1, -0.05) is 15.9 Å². The zero-order valence-electron chi connectivity index (χ0n) is 8.69. The molecule has 82 valence electrons. The van der Waals surface area contributed by atoms with E-state index in [-0.39, 0.29) is 10.7 Å². The predicted molar refractivity (Wildman–Crippen MR) is 60.8 cm³/mol. The summed E-state index contributed by atoms with van der Waals surface area (Å²) in [6.07, 6.45) is 3.58. The molecule has 0 aliphatic carbocycles. The van der Waals surface area contributed by atoms with Gasteiger partial charge in [-0.2, -0.15) is 5.10 Å². The van der Waals surface area contributed by atoms with Crippen LogP contribution in [0.5, 0.6) is 0 Å². The van der Waals surface area contributed by atoms with Crippen LogP contribution in [0.4, 0.5) is 0 Å². The van der Waals surface area contributed by atoms with E-state index in [0.29, 0.717) is 0 Å². The van der Waals surface area contributed by atoms with Gasteiger partial charge in [0.25, 0.3) is 0 Å². The van der Waals surface area contributed by atoms with Crippen LogP contribution < -0.4 is 0 Å². The van der Waals surface area contributed by atoms with Crippen molar-refractivity contribution in [3.63, 3.8) is 0 Å². The molecule has 15 heavy (non-hydrogen) atoms. The summed E-state index contributed by atoms with van der Waals surface area (Å²) in [6, 6.07) is 1.99. The molecule has 1 aliphatic heterocycles. The molecule has 5 heteroatoms. The monoisotopic (exact) mass is 271 g/mol. The highest BCUT2D eigenvalue weighted by Crippen LogP contribution is 2.18. The van der Waals surface area contributed by atoms with Crippen molar-refractivity contribution >= 4 is 21.8 Å². The molecule has 1 atom stereocenters. The molecular weight excluding hydrogens is 258 g/mol. The van der Waals surface area contributed by atoms with Crippen LogP contribution in [0, 0.1) is 0 Å². The second kappa shape index (κ2) is 4.35. The average molecular weight is 272 g/mol. The largest absolute Gasteiger partial charge is 0.341 e. The van der Waals surface area contributed by atoms with Gasteiger partial charge in [-0.25, -0.2) is 0 Å². The Morgan fingerprint density at radius 2 is 2.47 bits per heavy atom. The quantitative estimate of drug-likeness (QED) is 0.769. The zero-order valence-corrected chi connectivity index (χ0v) is 10.3. The lowest BCUT2D eigenvalue weighted by molar-refractivity contribution is -0.127. The number of amides is 1. The minimum atomic E-state index is 0.0315. The minimum absolute atomic E-state index is 0.0315. The van der Waals surface area contributed by atoms with E-state index in [1.165, 1.54) is 5.69 Å². The van der Waals surface area contributed by atoms with Gasteiger partial charge in [-0.3, -0.25) is 9.48 Å². The molecule has 2 rings (SSSR count). The Morgan fingerprint density at radius 1 is 1.67 bits per heavy atom. The van der Waals surface area contributed by atoms with Gasteiger partial charge in [0, 0.05) is 38.4 Å². The van der Waals surface area contributed by atoms with Crippen LogP contribution in [0.1, 0.15) is 12.1 Å². The van der Waals surface area contributed by atoms with E-state index in [1.807, 2.05) is 22.7 Å². The van der Waals surface area contributed by atoms with E-state index < -0.39 is 0 Å². The Balaban J connectivity index is 1.89. The molecular formula is C10H14BrN3O. The Labute approximate surface area is 97.4 Å². The van der Waals surface area contributed by atoms with Crippen molar-refractivity contribution in [2.24, 2.45) is 7.05 Å². The lowest BCUT2D eigenvalue weighted by Gasteiger charge is -2.15. The highest BCUT2D eigenvalue weighted by molar-refractivity contribution is 9.10. The first-order chi connectivity index (χ1) is 7.18. The number of aromatic nitrogens is 2. The smallest absolute Gasteiger partial charge is 0.236 e. The minimum Gasteiger partial charge on any atom is -0.341 e. The van der Waals surface area contributed by atoms with E-state index in [4.69, 9.17) is 0 Å². The molecule has 1 fully saturated rings. The third-order valence-corrected chi connectivity index (χ3v) is 3.64. The van der Waals surface area contributed by atoms with Gasteiger partial charge >= 0.3 is 0 Å². The summed E-state index contributed by atoms with van der Waals surface area (Å²) < 4.78 is 1.85. The van der Waals surface area contributed by atoms with Gasteiger partial charge in [0.05, 0.1) is 4.83 Å². The first-order valence-electron chi connectivity index (χ1n) is 5.08. The van der Waals surface area contributed by atoms with Crippen LogP contribution in [-0.2, 0) is 18.3 Å². The second-order valence-corrected chi connectivity index (χ2v) is 4.88. The van der Waals surface area contributed by atoms with Crippen LogP contribution in [0.2, 0.25) is 0 Å². The summed E-state index contributed by atoms with van der Waals surface area (Å²) in [7, 11) is 1.93. The summed E-state index contributed by atoms with van der Waals surface area (Å²) in [5.74, 6) is 0.220. The Hall–Kier alpha value is -0.840. The molecule has 1 aromatic heterocycles. The van der Waals surface area contributed by atoms with Gasteiger partial charge in [-0.05, 0) is 12.5 Å². The van der Waals surface area contributed by atoms with Crippen molar-refractivity contribution in [2.75, 3.05) is 13.1 Å². The average Bonchev–Trinajstić information content (AvgIpc) is 2.74. The first kappa shape index (κ1) is 10.7. The molecule has 0 spiro atoms. The third-order valence-electron chi connectivity index (χ3n) is 2.79. The van der Waals surface area contributed by atoms with Crippen molar-refractivity contribution in [2.45, 2.75) is 17.7 Å². The number of aryl methyl sites for hydroxylation is 1. The summed E-state index contributed by atoms with van der Waals surface area (Å²) in [6.45, 7) is 1.66. The number of hydrogen-bond donors (Lipinski definition) is 0. The lowest BCUT2D eigenvalue weighted by atomic mass is 10.3. The number of alkyl halides is 1. The molecule has 0 radical (unpaired) electrons. The molecule has 0 saturated carbocycles. The maximum atomic E-state index is 11.6. The molecule has 0 N–H and O–H groups in total. The van der Waals surface area contributed by atoms with E-state index in [1.54, 1.807) is 6.20 Å². The molecule has 1 saturated heterocycles. The van der Waals surface area contributed by atoms with Gasteiger partial charge in [0.2, 0.25) is 5.91 Å². The molecule has 1 aromatic rings. The molecule has 1 aliphatic rings. The van der Waals surface area contributed by atoms with E-state index in [2.05, 4.69) is 21.0 Å². The fraction of sp³-hybridized carbons (Fsp3) is 0.600. The van der Waals surface area contributed by atoms with Crippen LogP contribution in [0.3, 0.4) is 0 Å². The summed E-state index contributed by atoms with van der Waals surface area (Å²) in [4.78, 5) is 13.5. The molecule has 1 amide bonds. The summed E-state index contributed by atoms with van der Waals surface area (Å²) >= 11 is 3.37. The van der Waals surface area contributed by atoms with Crippen molar-refractivity contribution in [3.05, 3.63) is 18.0 Å². The van der Waals surface area contributed by atoms with Crippen LogP contribution in [0.15, 0.2) is 12.3 Å². The molecule has 4 nitrogen and oxygen atoms in total. The van der Waals surface area contributed by atoms with Crippen LogP contribution >= 0.6 is 15.9 Å². The van der Waals surface area contributed by atoms with Crippen molar-refractivity contribution in [1.82, 2.24) is 14.7 Å². The molecule has 2 heterocycles. The van der Waals surface area contributed by atoms with E-state index in [9.17, 15) is 4.79 Å². The van der Waals surface area contributed by atoms with Crippen molar-refractivity contribution in [1.29, 1.82) is 0 Å². The number of carbonyl (C=O) groups excluding carboxylic acids is 1. The SMILES string of the molecule is Cn1nccc1CCN1CCC(Br)C1=O. The zero-order chi connectivity index (χ0) is 10.8. The molecule has 0 bridgehead atoms. The Bertz CT molecular complexity index is 363. The second-order valence-electron chi connectivity index (χ2n) is 3.78. The number of likely N-dealkylation sites (tertiary alicyclic amines) is 1. The highest BCUT2D eigenvalue weighted by Gasteiger charge is 2.28. The lowest BCUT2D eigenvalue weighted by Crippen LogP contribution is -2.29. The predicted octanol–water partition coefficient (Wildman–Crippen LogP) is 0.958. The molecule has 0 aromatic carbocycles. The van der Waals surface area contributed by atoms with Crippen molar-refractivity contribution < 1.29 is 4.79 Å². The first-order valence-corrected chi connectivity index (χ1v) is 6.00. The molecule has 1 unspecified atom stereocenters. The fourth-order valence-electron chi connectivity index (χ4n) is 1.82. The fourth-order valence-corrected chi connectivity index (χ4v) is 2.31. The van der Waals surface area contributed by atoms with Crippen molar-refractivity contribution in [3.8, 4) is 0 Å². The topological polar surface area (TPSA) is 38.1 Å².